The van der Waals surface area contributed by atoms with Crippen molar-refractivity contribution in [1.29, 1.82) is 0 Å². The summed E-state index contributed by atoms with van der Waals surface area (Å²) in [6, 6.07) is -0.369. The SMILES string of the molecule is CC(C)CC1NC(=O)CN(CC2(C)CCCO2)C1=O. The van der Waals surface area contributed by atoms with Crippen molar-refractivity contribution >= 4 is 11.8 Å². The highest BCUT2D eigenvalue weighted by atomic mass is 16.5. The lowest BCUT2D eigenvalue weighted by Gasteiger charge is -2.37. The highest BCUT2D eigenvalue weighted by Crippen LogP contribution is 2.27. The Labute approximate surface area is 114 Å². The quantitative estimate of drug-likeness (QED) is 0.825. The predicted octanol–water partition coefficient (Wildman–Crippen LogP) is 0.929. The second-order valence-electron chi connectivity index (χ2n) is 6.35. The molecule has 2 unspecified atom stereocenters. The van der Waals surface area contributed by atoms with Gasteiger partial charge in [-0.2, -0.15) is 0 Å². The Morgan fingerprint density at radius 3 is 2.79 bits per heavy atom. The van der Waals surface area contributed by atoms with E-state index in [1.54, 1.807) is 4.90 Å². The molecule has 2 aliphatic heterocycles. The van der Waals surface area contributed by atoms with Crippen LogP contribution in [0.15, 0.2) is 0 Å². The smallest absolute Gasteiger partial charge is 0.245 e. The van der Waals surface area contributed by atoms with Crippen LogP contribution in [0.3, 0.4) is 0 Å². The zero-order valence-electron chi connectivity index (χ0n) is 12.1. The van der Waals surface area contributed by atoms with Crippen LogP contribution in [0.25, 0.3) is 0 Å². The number of piperazine rings is 1. The topological polar surface area (TPSA) is 58.6 Å². The van der Waals surface area contributed by atoms with Crippen LogP contribution in [0.4, 0.5) is 0 Å². The van der Waals surface area contributed by atoms with Gasteiger partial charge >= 0.3 is 0 Å². The van der Waals surface area contributed by atoms with Crippen molar-refractivity contribution in [2.75, 3.05) is 19.7 Å². The second kappa shape index (κ2) is 5.49. The molecule has 2 atom stereocenters. The van der Waals surface area contributed by atoms with E-state index in [1.807, 2.05) is 6.92 Å². The van der Waals surface area contributed by atoms with Crippen LogP contribution in [-0.4, -0.2) is 48.1 Å². The van der Waals surface area contributed by atoms with Crippen molar-refractivity contribution in [1.82, 2.24) is 10.2 Å². The highest BCUT2D eigenvalue weighted by molar-refractivity contribution is 5.94. The van der Waals surface area contributed by atoms with E-state index in [0.29, 0.717) is 18.9 Å². The first kappa shape index (κ1) is 14.3. The summed E-state index contributed by atoms with van der Waals surface area (Å²) < 4.78 is 5.72. The van der Waals surface area contributed by atoms with Crippen molar-refractivity contribution in [3.05, 3.63) is 0 Å². The number of amides is 2. The number of ether oxygens (including phenoxy) is 1. The average molecular weight is 268 g/mol. The summed E-state index contributed by atoms with van der Waals surface area (Å²) in [5.41, 5.74) is -0.282. The summed E-state index contributed by atoms with van der Waals surface area (Å²) in [6.07, 6.45) is 2.67. The van der Waals surface area contributed by atoms with E-state index in [-0.39, 0.29) is 30.0 Å². The fourth-order valence-corrected chi connectivity index (χ4v) is 2.90. The molecular formula is C14H24N2O3. The van der Waals surface area contributed by atoms with Crippen LogP contribution in [0.2, 0.25) is 0 Å². The Morgan fingerprint density at radius 2 is 2.21 bits per heavy atom. The molecule has 19 heavy (non-hydrogen) atoms. The molecule has 0 aromatic carbocycles. The van der Waals surface area contributed by atoms with Crippen LogP contribution in [0.1, 0.15) is 40.0 Å². The van der Waals surface area contributed by atoms with Gasteiger partial charge in [0, 0.05) is 6.61 Å². The molecule has 0 aromatic heterocycles. The van der Waals surface area contributed by atoms with Gasteiger partial charge in [-0.3, -0.25) is 9.59 Å². The number of nitrogens with zero attached hydrogens (tertiary/aromatic N) is 1. The van der Waals surface area contributed by atoms with Gasteiger partial charge < -0.3 is 15.0 Å². The minimum atomic E-state index is -0.369. The van der Waals surface area contributed by atoms with Gasteiger partial charge in [-0.1, -0.05) is 13.8 Å². The van der Waals surface area contributed by atoms with Gasteiger partial charge in [0.2, 0.25) is 11.8 Å². The lowest BCUT2D eigenvalue weighted by molar-refractivity contribution is -0.148. The first-order valence-corrected chi connectivity index (χ1v) is 7.12. The van der Waals surface area contributed by atoms with Crippen LogP contribution >= 0.6 is 0 Å². The minimum absolute atomic E-state index is 0.0324. The normalized spacial score (nSPS) is 32.0. The number of rotatable bonds is 4. The van der Waals surface area contributed by atoms with Gasteiger partial charge in [-0.25, -0.2) is 0 Å². The molecule has 2 aliphatic rings. The van der Waals surface area contributed by atoms with Crippen molar-refractivity contribution in [2.45, 2.75) is 51.7 Å². The van der Waals surface area contributed by atoms with Crippen molar-refractivity contribution in [3.8, 4) is 0 Å². The summed E-state index contributed by atoms with van der Waals surface area (Å²) in [6.45, 7) is 7.57. The van der Waals surface area contributed by atoms with Crippen molar-refractivity contribution in [3.63, 3.8) is 0 Å². The lowest BCUT2D eigenvalue weighted by Crippen LogP contribution is -2.60. The lowest BCUT2D eigenvalue weighted by atomic mass is 9.98. The third-order valence-electron chi connectivity index (χ3n) is 3.81. The fourth-order valence-electron chi connectivity index (χ4n) is 2.90. The van der Waals surface area contributed by atoms with E-state index in [0.717, 1.165) is 19.4 Å². The third-order valence-corrected chi connectivity index (χ3v) is 3.81. The van der Waals surface area contributed by atoms with Gasteiger partial charge in [-0.15, -0.1) is 0 Å². The molecule has 0 aliphatic carbocycles. The minimum Gasteiger partial charge on any atom is -0.373 e. The first-order chi connectivity index (χ1) is 8.89. The number of hydrogen-bond acceptors (Lipinski definition) is 3. The maximum absolute atomic E-state index is 12.4. The summed E-state index contributed by atoms with van der Waals surface area (Å²) >= 11 is 0. The Morgan fingerprint density at radius 1 is 1.47 bits per heavy atom. The molecule has 108 valence electrons. The van der Waals surface area contributed by atoms with Crippen LogP contribution in [0, 0.1) is 5.92 Å². The third kappa shape index (κ3) is 3.47. The highest BCUT2D eigenvalue weighted by Gasteiger charge is 2.39. The second-order valence-corrected chi connectivity index (χ2v) is 6.35. The van der Waals surface area contributed by atoms with Crippen LogP contribution in [0.5, 0.6) is 0 Å². The van der Waals surface area contributed by atoms with Gasteiger partial charge in [0.05, 0.1) is 18.7 Å². The first-order valence-electron chi connectivity index (χ1n) is 7.12. The van der Waals surface area contributed by atoms with Crippen molar-refractivity contribution < 1.29 is 14.3 Å². The summed E-state index contributed by atoms with van der Waals surface area (Å²) in [7, 11) is 0. The monoisotopic (exact) mass is 268 g/mol. The Bertz CT molecular complexity index is 362. The molecule has 1 N–H and O–H groups in total. The Kier molecular flexibility index (Phi) is 4.13. The zero-order valence-corrected chi connectivity index (χ0v) is 12.1. The predicted molar refractivity (Wildman–Crippen MR) is 71.6 cm³/mol. The van der Waals surface area contributed by atoms with Crippen LogP contribution in [-0.2, 0) is 14.3 Å². The number of hydrogen-bond donors (Lipinski definition) is 1. The molecule has 0 aromatic rings. The summed E-state index contributed by atoms with van der Waals surface area (Å²) in [4.78, 5) is 25.8. The van der Waals surface area contributed by atoms with E-state index in [9.17, 15) is 9.59 Å². The number of carbonyl (C=O) groups excluding carboxylic acids is 2. The maximum atomic E-state index is 12.4. The molecular weight excluding hydrogens is 244 g/mol. The molecule has 2 amide bonds. The molecule has 2 rings (SSSR count). The van der Waals surface area contributed by atoms with Gasteiger partial charge in [0.25, 0.3) is 0 Å². The standard InChI is InChI=1S/C14H24N2O3/c1-10(2)7-11-13(18)16(8-12(17)15-11)9-14(3)5-4-6-19-14/h10-11H,4-9H2,1-3H3,(H,15,17). The molecule has 5 nitrogen and oxygen atoms in total. The molecule has 0 radical (unpaired) electrons. The van der Waals surface area contributed by atoms with Gasteiger partial charge in [0.1, 0.15) is 6.04 Å². The van der Waals surface area contributed by atoms with E-state index in [2.05, 4.69) is 19.2 Å². The van der Waals surface area contributed by atoms with E-state index in [1.165, 1.54) is 0 Å². The van der Waals surface area contributed by atoms with E-state index < -0.39 is 0 Å². The molecule has 0 spiro atoms. The molecule has 2 saturated heterocycles. The zero-order chi connectivity index (χ0) is 14.0. The van der Waals surface area contributed by atoms with E-state index in [4.69, 9.17) is 4.74 Å². The molecule has 2 fully saturated rings. The van der Waals surface area contributed by atoms with Gasteiger partial charge in [-0.05, 0) is 32.1 Å². The molecule has 0 bridgehead atoms. The van der Waals surface area contributed by atoms with Crippen molar-refractivity contribution in [2.24, 2.45) is 5.92 Å². The fraction of sp³-hybridized carbons (Fsp3) is 0.857. The number of nitrogens with one attached hydrogen (secondary N) is 1. The number of carbonyl (C=O) groups is 2. The molecule has 5 heteroatoms. The van der Waals surface area contributed by atoms with E-state index >= 15 is 0 Å². The Balaban J connectivity index is 2.02. The average Bonchev–Trinajstić information content (AvgIpc) is 2.71. The molecule has 0 saturated carbocycles. The van der Waals surface area contributed by atoms with Gasteiger partial charge in [0.15, 0.2) is 0 Å². The largest absolute Gasteiger partial charge is 0.373 e. The maximum Gasteiger partial charge on any atom is 0.245 e. The summed E-state index contributed by atoms with van der Waals surface area (Å²) in [5.74, 6) is 0.351. The Hall–Kier alpha value is -1.10. The molecule has 2 heterocycles. The van der Waals surface area contributed by atoms with Crippen LogP contribution < -0.4 is 5.32 Å². The summed E-state index contributed by atoms with van der Waals surface area (Å²) in [5, 5.41) is 2.79.